The van der Waals surface area contributed by atoms with Gasteiger partial charge >= 0.3 is 11.9 Å². The first-order valence-corrected chi connectivity index (χ1v) is 8.26. The van der Waals surface area contributed by atoms with Gasteiger partial charge in [-0.25, -0.2) is 4.39 Å². The summed E-state index contributed by atoms with van der Waals surface area (Å²) < 4.78 is 19.5. The lowest BCUT2D eigenvalue weighted by Gasteiger charge is -2.38. The van der Waals surface area contributed by atoms with Gasteiger partial charge in [-0.3, -0.25) is 9.59 Å². The molecule has 6 heteroatoms. The van der Waals surface area contributed by atoms with Gasteiger partial charge in [0.25, 0.3) is 0 Å². The average molecular weight is 337 g/mol. The number of carboxylic acid groups (broad SMARTS) is 1. The smallest absolute Gasteiger partial charge is 0.323 e. The van der Waals surface area contributed by atoms with E-state index in [0.29, 0.717) is 0 Å². The molecule has 2 N–H and O–H groups in total. The van der Waals surface area contributed by atoms with Crippen LogP contribution in [0.15, 0.2) is 30.3 Å². The number of carbonyl (C=O) groups is 2. The second kappa shape index (κ2) is 7.75. The monoisotopic (exact) mass is 337 g/mol. The van der Waals surface area contributed by atoms with E-state index < -0.39 is 29.6 Å². The van der Waals surface area contributed by atoms with Crippen LogP contribution in [0, 0.1) is 5.41 Å². The molecule has 0 unspecified atom stereocenters. The van der Waals surface area contributed by atoms with Crippen LogP contribution in [0.3, 0.4) is 0 Å². The molecule has 132 valence electrons. The number of halogens is 1. The molecule has 0 radical (unpaired) electrons. The summed E-state index contributed by atoms with van der Waals surface area (Å²) in [5.41, 5.74) is -0.742. The van der Waals surface area contributed by atoms with Crippen LogP contribution < -0.4 is 5.32 Å². The molecule has 0 aromatic heterocycles. The van der Waals surface area contributed by atoms with Gasteiger partial charge < -0.3 is 15.2 Å². The number of nitrogens with one attached hydrogen (secondary N) is 1. The van der Waals surface area contributed by atoms with Crippen LogP contribution in [0.5, 0.6) is 0 Å². The summed E-state index contributed by atoms with van der Waals surface area (Å²) in [5.74, 6) is -2.15. The number of rotatable bonds is 6. The van der Waals surface area contributed by atoms with Gasteiger partial charge in [-0.1, -0.05) is 30.3 Å². The number of alkyl halides is 1. The SMILES string of the molecule is CCOC(=O)[C@]1(C(=O)O)CC[C@@H](N[C@H](C)c2ccccc2)[C@@H](F)C1. The number of carboxylic acids is 1. The van der Waals surface area contributed by atoms with Gasteiger partial charge in [0.2, 0.25) is 0 Å². The number of hydrogen-bond donors (Lipinski definition) is 2. The number of carbonyl (C=O) groups excluding carboxylic acids is 1. The van der Waals surface area contributed by atoms with Crippen LogP contribution in [0.4, 0.5) is 4.39 Å². The van der Waals surface area contributed by atoms with Crippen molar-refractivity contribution < 1.29 is 23.8 Å². The molecule has 1 aliphatic rings. The van der Waals surface area contributed by atoms with E-state index in [9.17, 15) is 19.1 Å². The van der Waals surface area contributed by atoms with Crippen LogP contribution >= 0.6 is 0 Å². The first kappa shape index (κ1) is 18.4. The highest BCUT2D eigenvalue weighted by Crippen LogP contribution is 2.40. The van der Waals surface area contributed by atoms with E-state index in [-0.39, 0.29) is 31.9 Å². The Hall–Kier alpha value is -1.95. The van der Waals surface area contributed by atoms with Gasteiger partial charge in [0.05, 0.1) is 6.61 Å². The fraction of sp³-hybridized carbons (Fsp3) is 0.556. The maximum absolute atomic E-state index is 14.6. The molecule has 0 amide bonds. The summed E-state index contributed by atoms with van der Waals surface area (Å²) in [5, 5.41) is 12.7. The lowest BCUT2D eigenvalue weighted by atomic mass is 9.71. The fourth-order valence-corrected chi connectivity index (χ4v) is 3.24. The molecule has 1 aromatic rings. The van der Waals surface area contributed by atoms with Crippen molar-refractivity contribution in [2.45, 2.75) is 51.4 Å². The summed E-state index contributed by atoms with van der Waals surface area (Å²) in [7, 11) is 0. The fourth-order valence-electron chi connectivity index (χ4n) is 3.24. The van der Waals surface area contributed by atoms with Gasteiger partial charge in [-0.2, -0.15) is 0 Å². The summed E-state index contributed by atoms with van der Waals surface area (Å²) in [6, 6.07) is 9.10. The molecule has 1 fully saturated rings. The Labute approximate surface area is 141 Å². The molecule has 5 nitrogen and oxygen atoms in total. The third-order valence-electron chi connectivity index (χ3n) is 4.70. The second-order valence-corrected chi connectivity index (χ2v) is 6.27. The maximum Gasteiger partial charge on any atom is 0.323 e. The summed E-state index contributed by atoms with van der Waals surface area (Å²) in [6.45, 7) is 3.62. The van der Waals surface area contributed by atoms with E-state index in [1.165, 1.54) is 0 Å². The number of benzene rings is 1. The average Bonchev–Trinajstić information content (AvgIpc) is 2.57. The van der Waals surface area contributed by atoms with Gasteiger partial charge in [0.1, 0.15) is 6.17 Å². The molecule has 0 bridgehead atoms. The molecule has 1 aliphatic carbocycles. The molecule has 2 rings (SSSR count). The largest absolute Gasteiger partial charge is 0.480 e. The van der Waals surface area contributed by atoms with E-state index in [0.717, 1.165) is 5.56 Å². The summed E-state index contributed by atoms with van der Waals surface area (Å²) >= 11 is 0. The topological polar surface area (TPSA) is 75.6 Å². The van der Waals surface area contributed by atoms with Crippen LogP contribution in [0.25, 0.3) is 0 Å². The minimum atomic E-state index is -1.77. The highest BCUT2D eigenvalue weighted by molar-refractivity contribution is 5.99. The lowest BCUT2D eigenvalue weighted by molar-refractivity contribution is -0.173. The van der Waals surface area contributed by atoms with E-state index in [1.54, 1.807) is 6.92 Å². The Kier molecular flexibility index (Phi) is 5.94. The van der Waals surface area contributed by atoms with Crippen LogP contribution in [0.1, 0.15) is 44.7 Å². The Morgan fingerprint density at radius 3 is 2.62 bits per heavy atom. The number of aliphatic carboxylic acids is 1. The molecule has 0 heterocycles. The predicted molar refractivity (Wildman–Crippen MR) is 87.2 cm³/mol. The van der Waals surface area contributed by atoms with Crippen molar-refractivity contribution >= 4 is 11.9 Å². The van der Waals surface area contributed by atoms with Gasteiger partial charge in [-0.05, 0) is 32.3 Å². The van der Waals surface area contributed by atoms with Crippen molar-refractivity contribution in [1.29, 1.82) is 0 Å². The maximum atomic E-state index is 14.6. The molecular formula is C18H24FNO4. The van der Waals surface area contributed by atoms with Crippen molar-refractivity contribution in [2.75, 3.05) is 6.61 Å². The molecule has 1 saturated carbocycles. The van der Waals surface area contributed by atoms with Crippen molar-refractivity contribution in [3.63, 3.8) is 0 Å². The third-order valence-corrected chi connectivity index (χ3v) is 4.70. The zero-order chi connectivity index (χ0) is 17.7. The highest BCUT2D eigenvalue weighted by Gasteiger charge is 2.53. The third kappa shape index (κ3) is 3.75. The predicted octanol–water partition coefficient (Wildman–Crippen LogP) is 2.86. The highest BCUT2D eigenvalue weighted by atomic mass is 19.1. The van der Waals surface area contributed by atoms with Crippen LogP contribution in [-0.4, -0.2) is 35.9 Å². The standard InChI is InChI=1S/C18H24FNO4/c1-3-24-17(23)18(16(21)22)10-9-15(14(19)11-18)20-12(2)13-7-5-4-6-8-13/h4-8,12,14-15,20H,3,9-11H2,1-2H3,(H,21,22)/t12-,14+,15-,18-/m1/s1. The normalized spacial score (nSPS) is 28.1. The Morgan fingerprint density at radius 1 is 1.42 bits per heavy atom. The van der Waals surface area contributed by atoms with E-state index in [1.807, 2.05) is 37.3 Å². The Morgan fingerprint density at radius 2 is 2.08 bits per heavy atom. The minimum absolute atomic E-state index is 0.0608. The summed E-state index contributed by atoms with van der Waals surface area (Å²) in [4.78, 5) is 23.7. The molecule has 0 spiro atoms. The van der Waals surface area contributed by atoms with Crippen molar-refractivity contribution in [3.8, 4) is 0 Å². The molecule has 4 atom stereocenters. The van der Waals surface area contributed by atoms with E-state index >= 15 is 0 Å². The molecular weight excluding hydrogens is 313 g/mol. The Bertz CT molecular complexity index is 580. The second-order valence-electron chi connectivity index (χ2n) is 6.27. The molecule has 0 saturated heterocycles. The van der Waals surface area contributed by atoms with Crippen LogP contribution in [0.2, 0.25) is 0 Å². The van der Waals surface area contributed by atoms with Crippen molar-refractivity contribution in [2.24, 2.45) is 5.41 Å². The first-order chi connectivity index (χ1) is 11.4. The Balaban J connectivity index is 2.06. The van der Waals surface area contributed by atoms with Gasteiger partial charge in [0, 0.05) is 18.5 Å². The quantitative estimate of drug-likeness (QED) is 0.617. The first-order valence-electron chi connectivity index (χ1n) is 8.26. The number of hydrogen-bond acceptors (Lipinski definition) is 4. The molecule has 1 aromatic carbocycles. The molecule has 0 aliphatic heterocycles. The zero-order valence-electron chi connectivity index (χ0n) is 14.0. The van der Waals surface area contributed by atoms with Crippen molar-refractivity contribution in [1.82, 2.24) is 5.32 Å². The minimum Gasteiger partial charge on any atom is -0.480 e. The van der Waals surface area contributed by atoms with Gasteiger partial charge in [0.15, 0.2) is 5.41 Å². The van der Waals surface area contributed by atoms with Gasteiger partial charge in [-0.15, -0.1) is 0 Å². The number of ether oxygens (including phenoxy) is 1. The van der Waals surface area contributed by atoms with E-state index in [2.05, 4.69) is 5.32 Å². The lowest BCUT2D eigenvalue weighted by Crippen LogP contribution is -2.52. The zero-order valence-corrected chi connectivity index (χ0v) is 14.0. The van der Waals surface area contributed by atoms with Crippen molar-refractivity contribution in [3.05, 3.63) is 35.9 Å². The number of esters is 1. The van der Waals surface area contributed by atoms with E-state index in [4.69, 9.17) is 4.74 Å². The van der Waals surface area contributed by atoms with Crippen LogP contribution in [-0.2, 0) is 14.3 Å². The summed E-state index contributed by atoms with van der Waals surface area (Å²) in [6.07, 6.45) is -1.45. The molecule has 24 heavy (non-hydrogen) atoms.